The molecule has 0 aromatic rings. The summed E-state index contributed by atoms with van der Waals surface area (Å²) >= 11 is 0. The Balaban J connectivity index is 0.000000861. The first kappa shape index (κ1) is 17.0. The number of likely N-dealkylation sites (tertiary alicyclic amines) is 2. The van der Waals surface area contributed by atoms with Crippen LogP contribution in [-0.4, -0.2) is 49.1 Å². The van der Waals surface area contributed by atoms with Gasteiger partial charge in [-0.1, -0.05) is 34.6 Å². The summed E-state index contributed by atoms with van der Waals surface area (Å²) in [4.78, 5) is 5.33. The Hall–Kier alpha value is -0.0800. The first-order chi connectivity index (χ1) is 9.13. The summed E-state index contributed by atoms with van der Waals surface area (Å²) in [5.41, 5.74) is 0.723. The predicted octanol–water partition coefficient (Wildman–Crippen LogP) is 3.87. The highest BCUT2D eigenvalue weighted by molar-refractivity contribution is 4.98. The first-order valence-corrected chi connectivity index (χ1v) is 8.58. The van der Waals surface area contributed by atoms with Crippen molar-refractivity contribution in [2.24, 2.45) is 11.3 Å². The fourth-order valence-electron chi connectivity index (χ4n) is 3.38. The molecule has 114 valence electrons. The van der Waals surface area contributed by atoms with Gasteiger partial charge in [-0.3, -0.25) is 0 Å². The first-order valence-electron chi connectivity index (χ1n) is 8.58. The minimum atomic E-state index is 0.723. The van der Waals surface area contributed by atoms with Gasteiger partial charge in [-0.2, -0.15) is 0 Å². The normalized spacial score (nSPS) is 23.1. The molecular formula is C17H36N2. The van der Waals surface area contributed by atoms with Crippen LogP contribution in [0.15, 0.2) is 0 Å². The van der Waals surface area contributed by atoms with Crippen LogP contribution in [0.25, 0.3) is 0 Å². The maximum absolute atomic E-state index is 2.68. The average molecular weight is 268 g/mol. The van der Waals surface area contributed by atoms with Crippen LogP contribution in [0.4, 0.5) is 0 Å². The second kappa shape index (κ2) is 8.26. The predicted molar refractivity (Wildman–Crippen MR) is 85.6 cm³/mol. The highest BCUT2D eigenvalue weighted by Crippen LogP contribution is 2.40. The van der Waals surface area contributed by atoms with E-state index in [0.717, 1.165) is 11.3 Å². The van der Waals surface area contributed by atoms with Crippen LogP contribution in [0.5, 0.6) is 0 Å². The van der Waals surface area contributed by atoms with Gasteiger partial charge in [0.1, 0.15) is 0 Å². The molecule has 2 fully saturated rings. The van der Waals surface area contributed by atoms with E-state index in [4.69, 9.17) is 0 Å². The third kappa shape index (κ3) is 5.07. The second-order valence-electron chi connectivity index (χ2n) is 6.73. The van der Waals surface area contributed by atoms with Gasteiger partial charge in [0, 0.05) is 13.1 Å². The smallest absolute Gasteiger partial charge is 0.00514 e. The van der Waals surface area contributed by atoms with E-state index in [-0.39, 0.29) is 0 Å². The topological polar surface area (TPSA) is 6.48 Å². The van der Waals surface area contributed by atoms with Crippen molar-refractivity contribution in [2.45, 2.75) is 60.3 Å². The van der Waals surface area contributed by atoms with Gasteiger partial charge in [0.05, 0.1) is 0 Å². The minimum absolute atomic E-state index is 0.723. The number of rotatable bonds is 5. The number of hydrogen-bond acceptors (Lipinski definition) is 2. The van der Waals surface area contributed by atoms with Gasteiger partial charge in [-0.05, 0) is 63.2 Å². The number of piperidine rings is 1. The summed E-state index contributed by atoms with van der Waals surface area (Å²) in [6, 6.07) is 0. The molecule has 1 spiro atoms. The summed E-state index contributed by atoms with van der Waals surface area (Å²) in [5, 5.41) is 0. The molecule has 0 bridgehead atoms. The maximum Gasteiger partial charge on any atom is 0.00514 e. The quantitative estimate of drug-likeness (QED) is 0.747. The highest BCUT2D eigenvalue weighted by atomic mass is 15.2. The molecule has 2 aliphatic rings. The van der Waals surface area contributed by atoms with Crippen LogP contribution in [-0.2, 0) is 0 Å². The Labute approximate surface area is 121 Å². The van der Waals surface area contributed by atoms with Crippen LogP contribution >= 0.6 is 0 Å². The molecule has 2 heterocycles. The Kier molecular flexibility index (Phi) is 7.38. The van der Waals surface area contributed by atoms with Crippen LogP contribution < -0.4 is 0 Å². The summed E-state index contributed by atoms with van der Waals surface area (Å²) in [7, 11) is 0. The van der Waals surface area contributed by atoms with Crippen molar-refractivity contribution in [1.29, 1.82) is 0 Å². The van der Waals surface area contributed by atoms with Crippen LogP contribution in [0, 0.1) is 11.3 Å². The zero-order valence-corrected chi connectivity index (χ0v) is 14.0. The summed E-state index contributed by atoms with van der Waals surface area (Å²) in [6.07, 6.45) is 5.59. The summed E-state index contributed by atoms with van der Waals surface area (Å²) < 4.78 is 0. The standard InChI is InChI=1S/C15H30N2.C2H6/c1-4-8-16-10-6-15(7-11-16)12-17(13-15)9-5-14(2)3;1-2/h14H,4-13H2,1-3H3;1-2H3. The van der Waals surface area contributed by atoms with Gasteiger partial charge in [-0.25, -0.2) is 0 Å². The Morgan fingerprint density at radius 2 is 1.53 bits per heavy atom. The largest absolute Gasteiger partial charge is 0.303 e. The monoisotopic (exact) mass is 268 g/mol. The molecule has 0 aromatic heterocycles. The molecule has 0 aromatic carbocycles. The molecule has 2 nitrogen and oxygen atoms in total. The molecule has 0 saturated carbocycles. The molecule has 2 heteroatoms. The van der Waals surface area contributed by atoms with Crippen molar-refractivity contribution in [3.05, 3.63) is 0 Å². The van der Waals surface area contributed by atoms with Crippen LogP contribution in [0.2, 0.25) is 0 Å². The van der Waals surface area contributed by atoms with Crippen molar-refractivity contribution in [3.8, 4) is 0 Å². The molecule has 19 heavy (non-hydrogen) atoms. The third-order valence-corrected chi connectivity index (χ3v) is 4.60. The Bertz CT molecular complexity index is 221. The second-order valence-corrected chi connectivity index (χ2v) is 6.73. The minimum Gasteiger partial charge on any atom is -0.303 e. The lowest BCUT2D eigenvalue weighted by Gasteiger charge is -2.54. The summed E-state index contributed by atoms with van der Waals surface area (Å²) in [6.45, 7) is 19.1. The van der Waals surface area contributed by atoms with Gasteiger partial charge in [0.25, 0.3) is 0 Å². The SMILES string of the molecule is CC.CCCN1CCC2(CC1)CN(CCC(C)C)C2. The van der Waals surface area contributed by atoms with Gasteiger partial charge in [0.2, 0.25) is 0 Å². The molecule has 0 unspecified atom stereocenters. The zero-order valence-electron chi connectivity index (χ0n) is 14.0. The van der Waals surface area contributed by atoms with Crippen molar-refractivity contribution >= 4 is 0 Å². The zero-order chi connectivity index (χ0) is 14.3. The Morgan fingerprint density at radius 1 is 0.947 bits per heavy atom. The van der Waals surface area contributed by atoms with E-state index < -0.39 is 0 Å². The fourth-order valence-corrected chi connectivity index (χ4v) is 3.38. The lowest BCUT2D eigenvalue weighted by molar-refractivity contribution is -0.0477. The lowest BCUT2D eigenvalue weighted by Crippen LogP contribution is -2.60. The number of nitrogens with zero attached hydrogens (tertiary/aromatic N) is 2. The Morgan fingerprint density at radius 3 is 2.00 bits per heavy atom. The fraction of sp³-hybridized carbons (Fsp3) is 1.00. The highest BCUT2D eigenvalue weighted by Gasteiger charge is 2.43. The van der Waals surface area contributed by atoms with E-state index in [2.05, 4.69) is 30.6 Å². The molecule has 2 rings (SSSR count). The van der Waals surface area contributed by atoms with Crippen molar-refractivity contribution < 1.29 is 0 Å². The van der Waals surface area contributed by atoms with E-state index in [1.54, 1.807) is 0 Å². The molecule has 0 atom stereocenters. The van der Waals surface area contributed by atoms with Crippen LogP contribution in [0.1, 0.15) is 60.3 Å². The van der Waals surface area contributed by atoms with E-state index in [9.17, 15) is 0 Å². The third-order valence-electron chi connectivity index (χ3n) is 4.60. The molecule has 0 radical (unpaired) electrons. The lowest BCUT2D eigenvalue weighted by atomic mass is 9.72. The van der Waals surface area contributed by atoms with Crippen molar-refractivity contribution in [1.82, 2.24) is 9.80 Å². The van der Waals surface area contributed by atoms with Gasteiger partial charge in [-0.15, -0.1) is 0 Å². The van der Waals surface area contributed by atoms with E-state index in [1.165, 1.54) is 65.0 Å². The number of hydrogen-bond donors (Lipinski definition) is 0. The average Bonchev–Trinajstić information content (AvgIpc) is 2.38. The van der Waals surface area contributed by atoms with Crippen LogP contribution in [0.3, 0.4) is 0 Å². The van der Waals surface area contributed by atoms with E-state index >= 15 is 0 Å². The molecule has 2 aliphatic heterocycles. The van der Waals surface area contributed by atoms with E-state index in [1.807, 2.05) is 13.8 Å². The van der Waals surface area contributed by atoms with E-state index in [0.29, 0.717) is 0 Å². The molecule has 0 amide bonds. The molecule has 2 saturated heterocycles. The molecule has 0 N–H and O–H groups in total. The van der Waals surface area contributed by atoms with Crippen molar-refractivity contribution in [3.63, 3.8) is 0 Å². The molecule has 0 aliphatic carbocycles. The van der Waals surface area contributed by atoms with Gasteiger partial charge >= 0.3 is 0 Å². The van der Waals surface area contributed by atoms with Gasteiger partial charge < -0.3 is 9.80 Å². The molecular weight excluding hydrogens is 232 g/mol. The van der Waals surface area contributed by atoms with Gasteiger partial charge in [0.15, 0.2) is 0 Å². The maximum atomic E-state index is 2.68. The van der Waals surface area contributed by atoms with Crippen molar-refractivity contribution in [2.75, 3.05) is 39.3 Å². The summed E-state index contributed by atoms with van der Waals surface area (Å²) in [5.74, 6) is 0.859.